The molecule has 2 aromatic heterocycles. The van der Waals surface area contributed by atoms with Crippen molar-refractivity contribution in [3.05, 3.63) is 93.7 Å². The molecule has 206 valence electrons. The van der Waals surface area contributed by atoms with Crippen molar-refractivity contribution < 1.29 is 19.6 Å². The molecule has 40 heavy (non-hydrogen) atoms. The van der Waals surface area contributed by atoms with Crippen LogP contribution in [0.3, 0.4) is 0 Å². The van der Waals surface area contributed by atoms with Gasteiger partial charge in [0, 0.05) is 35.5 Å². The predicted molar refractivity (Wildman–Crippen MR) is 151 cm³/mol. The Morgan fingerprint density at radius 1 is 1.10 bits per heavy atom. The number of aromatic nitrogens is 2. The second-order valence-corrected chi connectivity index (χ2v) is 10.3. The number of rotatable bonds is 9. The van der Waals surface area contributed by atoms with Crippen LogP contribution < -0.4 is 10.6 Å². The molecule has 1 aliphatic carbocycles. The number of carbonyl (C=O) groups excluding carboxylic acids is 1. The molecule has 1 saturated carbocycles. The van der Waals surface area contributed by atoms with Crippen LogP contribution in [0.25, 0.3) is 16.9 Å². The van der Waals surface area contributed by atoms with Gasteiger partial charge in [-0.1, -0.05) is 61.2 Å². The number of anilines is 1. The summed E-state index contributed by atoms with van der Waals surface area (Å²) in [5, 5.41) is 27.3. The smallest absolute Gasteiger partial charge is 0.305 e. The summed E-state index contributed by atoms with van der Waals surface area (Å²) in [7, 11) is 0. The summed E-state index contributed by atoms with van der Waals surface area (Å²) in [5.41, 5.74) is 3.70. The van der Waals surface area contributed by atoms with Crippen LogP contribution in [0.15, 0.2) is 66.9 Å². The number of imidazole rings is 1. The predicted octanol–water partition coefficient (Wildman–Crippen LogP) is 5.91. The molecule has 2 heterocycles. The number of non-ortho nitro benzene ring substituents is 1. The van der Waals surface area contributed by atoms with E-state index in [2.05, 4.69) is 10.6 Å². The minimum absolute atomic E-state index is 0.0289. The van der Waals surface area contributed by atoms with Crippen LogP contribution >= 0.6 is 0 Å². The number of pyridine rings is 1. The van der Waals surface area contributed by atoms with Crippen molar-refractivity contribution in [3.63, 3.8) is 0 Å². The number of hydrogen-bond donors (Lipinski definition) is 3. The van der Waals surface area contributed by atoms with E-state index in [1.807, 2.05) is 35.6 Å². The molecule has 1 amide bonds. The summed E-state index contributed by atoms with van der Waals surface area (Å²) in [4.78, 5) is 40.6. The number of aliphatic carboxylic acids is 1. The molecule has 10 heteroatoms. The molecule has 3 N–H and O–H groups in total. The Balaban J connectivity index is 1.50. The van der Waals surface area contributed by atoms with E-state index in [1.165, 1.54) is 18.6 Å². The van der Waals surface area contributed by atoms with Crippen LogP contribution in [0, 0.1) is 17.0 Å². The minimum Gasteiger partial charge on any atom is -0.481 e. The average molecular weight is 542 g/mol. The highest BCUT2D eigenvalue weighted by Gasteiger charge is 2.23. The fourth-order valence-electron chi connectivity index (χ4n) is 5.20. The molecule has 1 unspecified atom stereocenters. The molecule has 0 spiro atoms. The number of amides is 1. The third kappa shape index (κ3) is 5.96. The number of benzene rings is 2. The normalized spacial score (nSPS) is 14.5. The number of nitro benzene ring substituents is 1. The average Bonchev–Trinajstić information content (AvgIpc) is 3.31. The Hall–Kier alpha value is -4.73. The number of nitrogens with zero attached hydrogens (tertiary/aromatic N) is 3. The molecule has 0 saturated heterocycles. The van der Waals surface area contributed by atoms with Crippen molar-refractivity contribution >= 4 is 29.0 Å². The molecular weight excluding hydrogens is 510 g/mol. The highest BCUT2D eigenvalue weighted by Crippen LogP contribution is 2.33. The number of carbonyl (C=O) groups is 2. The van der Waals surface area contributed by atoms with Crippen LogP contribution in [-0.2, 0) is 4.79 Å². The van der Waals surface area contributed by atoms with Crippen molar-refractivity contribution in [1.82, 2.24) is 14.7 Å². The second-order valence-electron chi connectivity index (χ2n) is 10.3. The van der Waals surface area contributed by atoms with Gasteiger partial charge in [-0.3, -0.25) is 24.1 Å². The van der Waals surface area contributed by atoms with Crippen LogP contribution in [0.5, 0.6) is 0 Å². The van der Waals surface area contributed by atoms with Gasteiger partial charge in [0.05, 0.1) is 17.4 Å². The Labute approximate surface area is 231 Å². The van der Waals surface area contributed by atoms with E-state index >= 15 is 0 Å². The first-order valence-electron chi connectivity index (χ1n) is 13.4. The summed E-state index contributed by atoms with van der Waals surface area (Å²) >= 11 is 0. The maximum absolute atomic E-state index is 13.3. The van der Waals surface area contributed by atoms with E-state index in [9.17, 15) is 24.8 Å². The topological polar surface area (TPSA) is 139 Å². The van der Waals surface area contributed by atoms with Gasteiger partial charge in [0.25, 0.3) is 11.6 Å². The first kappa shape index (κ1) is 26.9. The number of nitrogens with one attached hydrogen (secondary N) is 2. The Morgan fingerprint density at radius 3 is 2.55 bits per heavy atom. The summed E-state index contributed by atoms with van der Waals surface area (Å²) in [5.74, 6) is -0.719. The monoisotopic (exact) mass is 541 g/mol. The molecule has 0 bridgehead atoms. The largest absolute Gasteiger partial charge is 0.481 e. The molecule has 1 aliphatic rings. The number of hydrogen-bond acceptors (Lipinski definition) is 6. The summed E-state index contributed by atoms with van der Waals surface area (Å²) < 4.78 is 1.86. The molecule has 10 nitrogen and oxygen atoms in total. The van der Waals surface area contributed by atoms with Crippen molar-refractivity contribution in [2.75, 3.05) is 5.32 Å². The van der Waals surface area contributed by atoms with Crippen molar-refractivity contribution in [2.24, 2.45) is 0 Å². The van der Waals surface area contributed by atoms with Crippen molar-refractivity contribution in [1.29, 1.82) is 0 Å². The zero-order valence-corrected chi connectivity index (χ0v) is 22.2. The molecular formula is C30H31N5O5. The second kappa shape index (κ2) is 11.6. The minimum atomic E-state index is -1.02. The van der Waals surface area contributed by atoms with Crippen molar-refractivity contribution in [3.8, 4) is 11.3 Å². The molecule has 0 radical (unpaired) electrons. The van der Waals surface area contributed by atoms with Gasteiger partial charge >= 0.3 is 5.97 Å². The zero-order valence-electron chi connectivity index (χ0n) is 22.2. The van der Waals surface area contributed by atoms with E-state index in [1.54, 1.807) is 30.5 Å². The van der Waals surface area contributed by atoms with E-state index in [-0.39, 0.29) is 18.2 Å². The summed E-state index contributed by atoms with van der Waals surface area (Å²) in [6.45, 7) is 1.94. The maximum atomic E-state index is 13.3. The first-order valence-corrected chi connectivity index (χ1v) is 13.4. The molecule has 5 rings (SSSR count). The zero-order chi connectivity index (χ0) is 28.2. The van der Waals surface area contributed by atoms with E-state index in [0.29, 0.717) is 28.0 Å². The quantitative estimate of drug-likeness (QED) is 0.177. The summed E-state index contributed by atoms with van der Waals surface area (Å²) in [6, 6.07) is 16.6. The third-order valence-corrected chi connectivity index (χ3v) is 7.33. The fraction of sp³-hybridized carbons (Fsp3) is 0.300. The van der Waals surface area contributed by atoms with Crippen molar-refractivity contribution in [2.45, 2.75) is 57.5 Å². The van der Waals surface area contributed by atoms with E-state index in [4.69, 9.17) is 4.98 Å². The fourth-order valence-corrected chi connectivity index (χ4v) is 5.20. The van der Waals surface area contributed by atoms with Gasteiger partial charge in [-0.2, -0.15) is 0 Å². The molecule has 1 atom stereocenters. The Morgan fingerprint density at radius 2 is 1.85 bits per heavy atom. The lowest BCUT2D eigenvalue weighted by Gasteiger charge is -2.24. The van der Waals surface area contributed by atoms with Gasteiger partial charge in [0.1, 0.15) is 17.2 Å². The van der Waals surface area contributed by atoms with Gasteiger partial charge in [-0.05, 0) is 37.5 Å². The third-order valence-electron chi connectivity index (χ3n) is 7.33. The molecule has 2 aromatic carbocycles. The lowest BCUT2D eigenvalue weighted by atomic mass is 9.95. The number of carboxylic acids is 1. The first-order chi connectivity index (χ1) is 19.3. The SMILES string of the molecule is Cc1ccc(C(CC(=O)O)NC(=O)c2ccn3c(NC4CCCCC4)c(-c4cccc([N+](=O)[O-])c4)nc3c2)cc1. The van der Waals surface area contributed by atoms with E-state index < -0.39 is 22.8 Å². The van der Waals surface area contributed by atoms with Gasteiger partial charge < -0.3 is 15.7 Å². The Bertz CT molecular complexity index is 1560. The number of carboxylic acid groups (broad SMARTS) is 1. The number of aryl methyl sites for hydroxylation is 1. The number of fused-ring (bicyclic) bond motifs is 1. The number of nitro groups is 1. The molecule has 1 fully saturated rings. The van der Waals surface area contributed by atoms with Crippen LogP contribution in [0.1, 0.15) is 66.1 Å². The Kier molecular flexibility index (Phi) is 7.77. The highest BCUT2D eigenvalue weighted by atomic mass is 16.6. The van der Waals surface area contributed by atoms with Gasteiger partial charge in [0.2, 0.25) is 0 Å². The molecule has 4 aromatic rings. The van der Waals surface area contributed by atoms with Crippen LogP contribution in [-0.4, -0.2) is 37.3 Å². The maximum Gasteiger partial charge on any atom is 0.305 e. The lowest BCUT2D eigenvalue weighted by Crippen LogP contribution is -2.30. The lowest BCUT2D eigenvalue weighted by molar-refractivity contribution is -0.384. The van der Waals surface area contributed by atoms with Crippen LogP contribution in [0.2, 0.25) is 0 Å². The standard InChI is InChI=1S/C30H31N5O5/c1-19-10-12-20(13-11-19)25(18-27(36)37)32-30(38)22-14-15-34-26(17-22)33-28(21-6-5-9-24(16-21)35(39)40)29(34)31-23-7-3-2-4-8-23/h5-6,9-17,23,25,31H,2-4,7-8,18H2,1H3,(H,32,38)(H,36,37). The van der Waals surface area contributed by atoms with Gasteiger partial charge in [-0.15, -0.1) is 0 Å². The molecule has 0 aliphatic heterocycles. The van der Waals surface area contributed by atoms with Gasteiger partial charge in [-0.25, -0.2) is 4.98 Å². The highest BCUT2D eigenvalue weighted by molar-refractivity contribution is 5.96. The van der Waals surface area contributed by atoms with Crippen LogP contribution in [0.4, 0.5) is 11.5 Å². The van der Waals surface area contributed by atoms with E-state index in [0.717, 1.165) is 37.1 Å². The summed E-state index contributed by atoms with van der Waals surface area (Å²) in [6.07, 6.45) is 6.99. The van der Waals surface area contributed by atoms with Gasteiger partial charge in [0.15, 0.2) is 0 Å².